The van der Waals surface area contributed by atoms with E-state index in [0.717, 1.165) is 20.8 Å². The van der Waals surface area contributed by atoms with Crippen molar-refractivity contribution in [3.63, 3.8) is 0 Å². The topological polar surface area (TPSA) is 75.1 Å². The van der Waals surface area contributed by atoms with Gasteiger partial charge in [-0.05, 0) is 24.3 Å². The third-order valence-corrected chi connectivity index (χ3v) is 3.87. The fraction of sp³-hybridized carbons (Fsp3) is 0.0714. The molecule has 1 amide bonds. The summed E-state index contributed by atoms with van der Waals surface area (Å²) in [7, 11) is 0. The van der Waals surface area contributed by atoms with Crippen molar-refractivity contribution in [1.29, 1.82) is 0 Å². The number of pyridine rings is 1. The van der Waals surface area contributed by atoms with Gasteiger partial charge in [0.15, 0.2) is 0 Å². The lowest BCUT2D eigenvalue weighted by Gasteiger charge is -2.01. The Bertz CT molecular complexity index is 719. The second-order valence-electron chi connectivity index (χ2n) is 4.18. The Morgan fingerprint density at radius 1 is 1.25 bits per heavy atom. The van der Waals surface area contributed by atoms with Crippen LogP contribution in [-0.4, -0.2) is 21.2 Å². The third kappa shape index (κ3) is 2.60. The van der Waals surface area contributed by atoms with Crippen molar-refractivity contribution in [2.45, 2.75) is 6.54 Å². The molecule has 20 heavy (non-hydrogen) atoms. The monoisotopic (exact) mass is 285 g/mol. The smallest absolute Gasteiger partial charge is 0.404 e. The summed E-state index contributed by atoms with van der Waals surface area (Å²) >= 11 is 1.61. The molecule has 2 aromatic heterocycles. The highest BCUT2D eigenvalue weighted by atomic mass is 32.1. The number of hydrogen-bond donors (Lipinski definition) is 2. The fourth-order valence-electron chi connectivity index (χ4n) is 1.82. The number of nitrogens with one attached hydrogen (secondary N) is 1. The Morgan fingerprint density at radius 2 is 2.10 bits per heavy atom. The van der Waals surface area contributed by atoms with Gasteiger partial charge in [-0.25, -0.2) is 9.78 Å². The van der Waals surface area contributed by atoms with E-state index >= 15 is 0 Å². The average Bonchev–Trinajstić information content (AvgIpc) is 2.89. The number of amides is 1. The molecule has 0 spiro atoms. The van der Waals surface area contributed by atoms with E-state index in [1.807, 2.05) is 30.3 Å². The average molecular weight is 285 g/mol. The first kappa shape index (κ1) is 12.6. The summed E-state index contributed by atoms with van der Waals surface area (Å²) in [6, 6.07) is 11.7. The molecular weight excluding hydrogens is 274 g/mol. The number of nitrogens with zero attached hydrogens (tertiary/aromatic N) is 2. The van der Waals surface area contributed by atoms with Crippen molar-refractivity contribution in [1.82, 2.24) is 15.3 Å². The molecule has 2 N–H and O–H groups in total. The first-order valence-corrected chi connectivity index (χ1v) is 6.82. The van der Waals surface area contributed by atoms with Crippen LogP contribution in [0.3, 0.4) is 0 Å². The van der Waals surface area contributed by atoms with Crippen LogP contribution in [0.1, 0.15) is 5.69 Å². The van der Waals surface area contributed by atoms with E-state index in [0.29, 0.717) is 5.69 Å². The number of hydrogen-bond acceptors (Lipinski definition) is 4. The molecule has 1 aromatic carbocycles. The van der Waals surface area contributed by atoms with Gasteiger partial charge in [0.2, 0.25) is 0 Å². The SMILES string of the molecule is O=C(O)NCc1ccc(-c2nc3ccccc3s2)cn1. The second kappa shape index (κ2) is 5.26. The molecule has 0 aliphatic heterocycles. The molecule has 0 unspecified atom stereocenters. The minimum Gasteiger partial charge on any atom is -0.465 e. The fourth-order valence-corrected chi connectivity index (χ4v) is 2.77. The Morgan fingerprint density at radius 3 is 2.80 bits per heavy atom. The molecular formula is C14H11N3O2S. The number of benzene rings is 1. The Balaban J connectivity index is 1.85. The van der Waals surface area contributed by atoms with Crippen molar-refractivity contribution >= 4 is 27.6 Å². The number of thiazole rings is 1. The van der Waals surface area contributed by atoms with E-state index in [-0.39, 0.29) is 6.54 Å². The van der Waals surface area contributed by atoms with Gasteiger partial charge in [0.25, 0.3) is 0 Å². The van der Waals surface area contributed by atoms with E-state index in [1.54, 1.807) is 23.6 Å². The lowest BCUT2D eigenvalue weighted by molar-refractivity contribution is 0.194. The van der Waals surface area contributed by atoms with Gasteiger partial charge in [0.1, 0.15) is 5.01 Å². The molecule has 0 aliphatic rings. The number of carboxylic acid groups (broad SMARTS) is 1. The van der Waals surface area contributed by atoms with Gasteiger partial charge >= 0.3 is 6.09 Å². The molecule has 6 heteroatoms. The highest BCUT2D eigenvalue weighted by Gasteiger charge is 2.06. The Labute approximate surface area is 118 Å². The van der Waals surface area contributed by atoms with Gasteiger partial charge in [0.05, 0.1) is 22.5 Å². The maximum atomic E-state index is 10.4. The summed E-state index contributed by atoms with van der Waals surface area (Å²) in [6.45, 7) is 0.204. The number of fused-ring (bicyclic) bond motifs is 1. The summed E-state index contributed by atoms with van der Waals surface area (Å²) < 4.78 is 1.14. The van der Waals surface area contributed by atoms with Crippen LogP contribution < -0.4 is 5.32 Å². The summed E-state index contributed by atoms with van der Waals surface area (Å²) in [5.41, 5.74) is 2.59. The molecule has 3 aromatic rings. The van der Waals surface area contributed by atoms with Crippen LogP contribution in [0, 0.1) is 0 Å². The van der Waals surface area contributed by atoms with Crippen LogP contribution in [0.15, 0.2) is 42.6 Å². The minimum atomic E-state index is -1.05. The molecule has 2 heterocycles. The van der Waals surface area contributed by atoms with Crippen molar-refractivity contribution < 1.29 is 9.90 Å². The van der Waals surface area contributed by atoms with E-state index in [2.05, 4.69) is 15.3 Å². The molecule has 3 rings (SSSR count). The van der Waals surface area contributed by atoms with Crippen molar-refractivity contribution in [3.05, 3.63) is 48.3 Å². The zero-order chi connectivity index (χ0) is 13.9. The lowest BCUT2D eigenvalue weighted by Crippen LogP contribution is -2.20. The summed E-state index contributed by atoms with van der Waals surface area (Å²) in [5.74, 6) is 0. The highest BCUT2D eigenvalue weighted by Crippen LogP contribution is 2.29. The van der Waals surface area contributed by atoms with Crippen LogP contribution in [0.25, 0.3) is 20.8 Å². The quantitative estimate of drug-likeness (QED) is 0.775. The number of rotatable bonds is 3. The standard InChI is InChI=1S/C14H11N3O2S/c18-14(19)16-8-10-6-5-9(7-15-10)13-17-11-3-1-2-4-12(11)20-13/h1-7,16H,8H2,(H,18,19). The Hall–Kier alpha value is -2.47. The van der Waals surface area contributed by atoms with Crippen molar-refractivity contribution in [2.24, 2.45) is 0 Å². The normalized spacial score (nSPS) is 10.6. The van der Waals surface area contributed by atoms with E-state index in [4.69, 9.17) is 5.11 Å². The van der Waals surface area contributed by atoms with Crippen LogP contribution in [0.4, 0.5) is 4.79 Å². The van der Waals surface area contributed by atoms with Gasteiger partial charge in [-0.2, -0.15) is 0 Å². The minimum absolute atomic E-state index is 0.204. The zero-order valence-corrected chi connectivity index (χ0v) is 11.2. The molecule has 0 aliphatic carbocycles. The number of aromatic nitrogens is 2. The molecule has 0 bridgehead atoms. The molecule has 0 fully saturated rings. The molecule has 5 nitrogen and oxygen atoms in total. The zero-order valence-electron chi connectivity index (χ0n) is 10.4. The number of carbonyl (C=O) groups is 1. The van der Waals surface area contributed by atoms with Crippen LogP contribution >= 0.6 is 11.3 Å². The predicted molar refractivity (Wildman–Crippen MR) is 77.7 cm³/mol. The van der Waals surface area contributed by atoms with Gasteiger partial charge in [-0.15, -0.1) is 11.3 Å². The second-order valence-corrected chi connectivity index (χ2v) is 5.21. The molecule has 0 atom stereocenters. The van der Waals surface area contributed by atoms with Gasteiger partial charge in [-0.1, -0.05) is 12.1 Å². The molecule has 0 saturated heterocycles. The van der Waals surface area contributed by atoms with Gasteiger partial charge in [0, 0.05) is 11.8 Å². The van der Waals surface area contributed by atoms with Gasteiger partial charge < -0.3 is 10.4 Å². The summed E-state index contributed by atoms with van der Waals surface area (Å²) in [6.07, 6.45) is 0.665. The molecule has 0 radical (unpaired) electrons. The maximum absolute atomic E-state index is 10.4. The summed E-state index contributed by atoms with van der Waals surface area (Å²) in [5, 5.41) is 11.7. The first-order valence-electron chi connectivity index (χ1n) is 6.00. The van der Waals surface area contributed by atoms with Crippen LogP contribution in [-0.2, 0) is 6.54 Å². The van der Waals surface area contributed by atoms with E-state index in [9.17, 15) is 4.79 Å². The van der Waals surface area contributed by atoms with Crippen LogP contribution in [0.2, 0.25) is 0 Å². The predicted octanol–water partition coefficient (Wildman–Crippen LogP) is 3.13. The lowest BCUT2D eigenvalue weighted by atomic mass is 10.2. The maximum Gasteiger partial charge on any atom is 0.404 e. The Kier molecular flexibility index (Phi) is 3.30. The molecule has 0 saturated carbocycles. The van der Waals surface area contributed by atoms with Crippen molar-refractivity contribution in [2.75, 3.05) is 0 Å². The van der Waals surface area contributed by atoms with Gasteiger partial charge in [-0.3, -0.25) is 4.98 Å². The molecule has 100 valence electrons. The summed E-state index contributed by atoms with van der Waals surface area (Å²) in [4.78, 5) is 19.2. The highest BCUT2D eigenvalue weighted by molar-refractivity contribution is 7.21. The third-order valence-electron chi connectivity index (χ3n) is 2.79. The van der Waals surface area contributed by atoms with Crippen LogP contribution in [0.5, 0.6) is 0 Å². The van der Waals surface area contributed by atoms with E-state index in [1.165, 1.54) is 0 Å². The van der Waals surface area contributed by atoms with E-state index < -0.39 is 6.09 Å². The van der Waals surface area contributed by atoms with Crippen molar-refractivity contribution in [3.8, 4) is 10.6 Å². The number of para-hydroxylation sites is 1. The first-order chi connectivity index (χ1) is 9.72. The largest absolute Gasteiger partial charge is 0.465 e.